The van der Waals surface area contributed by atoms with E-state index in [1.165, 1.54) is 0 Å². The molecule has 2 nitrogen and oxygen atoms in total. The largest absolute Gasteiger partial charge is 0.392 e. The maximum Gasteiger partial charge on any atom is 0.168 e. The molecular weight excluding hydrogens is 212 g/mol. The van der Waals surface area contributed by atoms with E-state index >= 15 is 0 Å². The first-order valence-electron chi connectivity index (χ1n) is 6.15. The van der Waals surface area contributed by atoms with Crippen molar-refractivity contribution in [2.45, 2.75) is 40.2 Å². The van der Waals surface area contributed by atoms with Gasteiger partial charge < -0.3 is 5.11 Å². The Morgan fingerprint density at radius 1 is 1.24 bits per heavy atom. The summed E-state index contributed by atoms with van der Waals surface area (Å²) in [6.45, 7) is 7.82. The van der Waals surface area contributed by atoms with Crippen molar-refractivity contribution in [1.29, 1.82) is 0 Å². The third kappa shape index (κ3) is 3.40. The molecule has 0 aliphatic rings. The average molecular weight is 234 g/mol. The van der Waals surface area contributed by atoms with E-state index in [0.29, 0.717) is 12.0 Å². The van der Waals surface area contributed by atoms with Crippen molar-refractivity contribution in [3.63, 3.8) is 0 Å². The lowest BCUT2D eigenvalue weighted by atomic mass is 9.77. The van der Waals surface area contributed by atoms with E-state index < -0.39 is 6.10 Å². The molecule has 0 unspecified atom stereocenters. The lowest BCUT2D eigenvalue weighted by molar-refractivity contribution is 0.0131. The van der Waals surface area contributed by atoms with Crippen LogP contribution in [0.5, 0.6) is 0 Å². The zero-order valence-electron chi connectivity index (χ0n) is 11.1. The highest BCUT2D eigenvalue weighted by molar-refractivity contribution is 5.98. The van der Waals surface area contributed by atoms with Crippen LogP contribution in [0.25, 0.3) is 0 Å². The molecule has 0 spiro atoms. The van der Waals surface area contributed by atoms with Crippen LogP contribution in [0, 0.1) is 11.3 Å². The molecule has 1 aromatic carbocycles. The van der Waals surface area contributed by atoms with Crippen molar-refractivity contribution >= 4 is 5.78 Å². The van der Waals surface area contributed by atoms with Crippen LogP contribution < -0.4 is 0 Å². The number of carbonyl (C=O) groups excluding carboxylic acids is 1. The van der Waals surface area contributed by atoms with Crippen molar-refractivity contribution in [3.8, 4) is 0 Å². The second kappa shape index (κ2) is 5.46. The molecule has 0 fully saturated rings. The minimum Gasteiger partial charge on any atom is -0.392 e. The van der Waals surface area contributed by atoms with Crippen molar-refractivity contribution in [3.05, 3.63) is 35.9 Å². The molecule has 0 amide bonds. The summed E-state index contributed by atoms with van der Waals surface area (Å²) < 4.78 is 0. The lowest BCUT2D eigenvalue weighted by Gasteiger charge is -2.31. The van der Waals surface area contributed by atoms with Gasteiger partial charge in [0, 0.05) is 11.5 Å². The van der Waals surface area contributed by atoms with E-state index in [0.717, 1.165) is 0 Å². The first kappa shape index (κ1) is 13.9. The molecule has 1 N–H and O–H groups in total. The summed E-state index contributed by atoms with van der Waals surface area (Å²) in [5, 5.41) is 10.3. The fourth-order valence-corrected chi connectivity index (χ4v) is 1.97. The minimum absolute atomic E-state index is 0.0375. The highest BCUT2D eigenvalue weighted by Gasteiger charge is 2.34. The van der Waals surface area contributed by atoms with Gasteiger partial charge in [0.25, 0.3) is 0 Å². The van der Waals surface area contributed by atoms with Gasteiger partial charge in [0.2, 0.25) is 0 Å². The van der Waals surface area contributed by atoms with E-state index in [4.69, 9.17) is 0 Å². The fourth-order valence-electron chi connectivity index (χ4n) is 1.97. The Balaban J connectivity index is 2.93. The molecule has 0 aliphatic heterocycles. The minimum atomic E-state index is -0.611. The number of hydrogen-bond acceptors (Lipinski definition) is 2. The Bertz CT molecular complexity index is 362. The Morgan fingerprint density at radius 3 is 2.18 bits per heavy atom. The number of ketones is 1. The highest BCUT2D eigenvalue weighted by atomic mass is 16.3. The van der Waals surface area contributed by atoms with Gasteiger partial charge in [0.1, 0.15) is 0 Å². The standard InChI is InChI=1S/C15H22O2/c1-5-12(14(17)15(2,3)4)13(16)11-9-7-6-8-10-11/h6-10,12,14,17H,5H2,1-4H3/t12-,14-/m1/s1. The molecule has 0 saturated carbocycles. The van der Waals surface area contributed by atoms with Crippen molar-refractivity contribution in [1.82, 2.24) is 0 Å². The summed E-state index contributed by atoms with van der Waals surface area (Å²) in [6, 6.07) is 9.20. The molecule has 1 rings (SSSR count). The monoisotopic (exact) mass is 234 g/mol. The Kier molecular flexibility index (Phi) is 4.47. The van der Waals surface area contributed by atoms with E-state index in [9.17, 15) is 9.90 Å². The van der Waals surface area contributed by atoms with Gasteiger partial charge in [-0.15, -0.1) is 0 Å². The number of rotatable bonds is 4. The molecule has 0 heterocycles. The zero-order chi connectivity index (χ0) is 13.1. The average Bonchev–Trinajstić information content (AvgIpc) is 2.29. The van der Waals surface area contributed by atoms with Crippen LogP contribution in [0.4, 0.5) is 0 Å². The quantitative estimate of drug-likeness (QED) is 0.812. The van der Waals surface area contributed by atoms with Gasteiger partial charge in [-0.05, 0) is 11.8 Å². The summed E-state index contributed by atoms with van der Waals surface area (Å²) >= 11 is 0. The number of benzene rings is 1. The summed E-state index contributed by atoms with van der Waals surface area (Å²) in [6.07, 6.45) is 0.0480. The van der Waals surface area contributed by atoms with Gasteiger partial charge in [0.15, 0.2) is 5.78 Å². The maximum absolute atomic E-state index is 12.3. The molecule has 0 bridgehead atoms. The van der Waals surface area contributed by atoms with Crippen LogP contribution in [0.3, 0.4) is 0 Å². The summed E-state index contributed by atoms with van der Waals surface area (Å²) in [4.78, 5) is 12.3. The summed E-state index contributed by atoms with van der Waals surface area (Å²) in [7, 11) is 0. The smallest absolute Gasteiger partial charge is 0.168 e. The third-order valence-corrected chi connectivity index (χ3v) is 3.10. The molecule has 0 aromatic heterocycles. The zero-order valence-corrected chi connectivity index (χ0v) is 11.1. The van der Waals surface area contributed by atoms with Crippen LogP contribution in [-0.4, -0.2) is 17.0 Å². The number of hydrogen-bond donors (Lipinski definition) is 1. The van der Waals surface area contributed by atoms with Gasteiger partial charge in [-0.1, -0.05) is 58.0 Å². The second-order valence-corrected chi connectivity index (χ2v) is 5.56. The van der Waals surface area contributed by atoms with Crippen LogP contribution in [0.15, 0.2) is 30.3 Å². The number of Topliss-reactive ketones (excluding diaryl/α,β-unsaturated/α-hetero) is 1. The van der Waals surface area contributed by atoms with Gasteiger partial charge in [-0.3, -0.25) is 4.79 Å². The maximum atomic E-state index is 12.3. The predicted molar refractivity (Wildman–Crippen MR) is 70.0 cm³/mol. The van der Waals surface area contributed by atoms with Crippen LogP contribution in [0.2, 0.25) is 0 Å². The predicted octanol–water partition coefficient (Wildman–Crippen LogP) is 3.30. The molecule has 0 aliphatic carbocycles. The molecule has 17 heavy (non-hydrogen) atoms. The second-order valence-electron chi connectivity index (χ2n) is 5.56. The Morgan fingerprint density at radius 2 is 1.76 bits per heavy atom. The van der Waals surface area contributed by atoms with E-state index in [1.54, 1.807) is 12.1 Å². The van der Waals surface area contributed by atoms with Crippen molar-refractivity contribution in [2.24, 2.45) is 11.3 Å². The fraction of sp³-hybridized carbons (Fsp3) is 0.533. The van der Waals surface area contributed by atoms with Crippen LogP contribution in [-0.2, 0) is 0 Å². The van der Waals surface area contributed by atoms with Crippen LogP contribution >= 0.6 is 0 Å². The summed E-state index contributed by atoms with van der Waals surface area (Å²) in [5.41, 5.74) is 0.410. The molecular formula is C15H22O2. The van der Waals surface area contributed by atoms with E-state index in [-0.39, 0.29) is 17.1 Å². The normalized spacial score (nSPS) is 15.4. The number of aliphatic hydroxyl groups is 1. The Labute approximate surface area is 104 Å². The topological polar surface area (TPSA) is 37.3 Å². The number of aliphatic hydroxyl groups excluding tert-OH is 1. The molecule has 2 atom stereocenters. The lowest BCUT2D eigenvalue weighted by Crippen LogP contribution is -2.38. The molecule has 1 aromatic rings. The van der Waals surface area contributed by atoms with Crippen LogP contribution in [0.1, 0.15) is 44.5 Å². The molecule has 0 saturated heterocycles. The molecule has 0 radical (unpaired) electrons. The number of carbonyl (C=O) groups is 1. The van der Waals surface area contributed by atoms with E-state index in [2.05, 4.69) is 0 Å². The SMILES string of the molecule is CC[C@H](C(=O)c1ccccc1)[C@@H](O)C(C)(C)C. The summed E-state index contributed by atoms with van der Waals surface area (Å²) in [5.74, 6) is -0.284. The van der Waals surface area contributed by atoms with E-state index in [1.807, 2.05) is 45.9 Å². The molecule has 94 valence electrons. The highest BCUT2D eigenvalue weighted by Crippen LogP contribution is 2.29. The van der Waals surface area contributed by atoms with Gasteiger partial charge in [-0.25, -0.2) is 0 Å². The van der Waals surface area contributed by atoms with Gasteiger partial charge >= 0.3 is 0 Å². The van der Waals surface area contributed by atoms with Crippen molar-refractivity contribution in [2.75, 3.05) is 0 Å². The Hall–Kier alpha value is -1.15. The molecule has 2 heteroatoms. The van der Waals surface area contributed by atoms with Gasteiger partial charge in [0.05, 0.1) is 6.10 Å². The first-order chi connectivity index (χ1) is 7.88. The first-order valence-corrected chi connectivity index (χ1v) is 6.15. The van der Waals surface area contributed by atoms with Crippen molar-refractivity contribution < 1.29 is 9.90 Å². The van der Waals surface area contributed by atoms with Gasteiger partial charge in [-0.2, -0.15) is 0 Å². The third-order valence-electron chi connectivity index (χ3n) is 3.10.